The molecule has 0 saturated carbocycles. The molecule has 0 amide bonds. The van der Waals surface area contributed by atoms with Gasteiger partial charge in [-0.25, -0.2) is 0 Å². The van der Waals surface area contributed by atoms with Crippen molar-refractivity contribution < 1.29 is 0 Å². The van der Waals surface area contributed by atoms with Crippen molar-refractivity contribution in [1.82, 2.24) is 0 Å². The Kier molecular flexibility index (Phi) is 8.93. The molecule has 0 saturated heterocycles. The van der Waals surface area contributed by atoms with E-state index in [1.165, 1.54) is 44.1 Å². The minimum Gasteiger partial charge on any atom is -0.0891 e. The summed E-state index contributed by atoms with van der Waals surface area (Å²) in [5.74, 6) is 12.1. The summed E-state index contributed by atoms with van der Waals surface area (Å²) < 4.78 is 1.07. The van der Waals surface area contributed by atoms with Crippen molar-refractivity contribution in [2.75, 3.05) is 0 Å². The molecule has 0 N–H and O–H groups in total. The van der Waals surface area contributed by atoms with Gasteiger partial charge in [0.05, 0.1) is 0 Å². The van der Waals surface area contributed by atoms with Crippen LogP contribution in [0.4, 0.5) is 0 Å². The minimum absolute atomic E-state index is 0.971. The van der Waals surface area contributed by atoms with Crippen LogP contribution in [0.3, 0.4) is 0 Å². The average Bonchev–Trinajstić information content (AvgIpc) is 2.40. The van der Waals surface area contributed by atoms with Gasteiger partial charge in [-0.05, 0) is 48.9 Å². The second kappa shape index (κ2) is 10.6. The van der Waals surface area contributed by atoms with E-state index in [0.29, 0.717) is 0 Å². The first kappa shape index (κ1) is 16.9. The van der Waals surface area contributed by atoms with Crippen LogP contribution in [0.5, 0.6) is 0 Å². The summed E-state index contributed by atoms with van der Waals surface area (Å²) >= 11 is 3.48. The molecule has 0 atom stereocenters. The largest absolute Gasteiger partial charge is 0.0891 e. The standard InChI is InChI=1S/C19H23Br/c1-3-4-5-6-7-8-9-10-11-12-13-18-14-17(2)15-19(20)16-18/h14-16H,3-9H2,1-2H3. The van der Waals surface area contributed by atoms with Crippen LogP contribution in [-0.4, -0.2) is 0 Å². The molecule has 0 aliphatic heterocycles. The first-order chi connectivity index (χ1) is 9.72. The summed E-state index contributed by atoms with van der Waals surface area (Å²) in [7, 11) is 0. The molecule has 20 heavy (non-hydrogen) atoms. The fourth-order valence-electron chi connectivity index (χ4n) is 2.01. The van der Waals surface area contributed by atoms with Crippen molar-refractivity contribution in [3.05, 3.63) is 33.8 Å². The lowest BCUT2D eigenvalue weighted by atomic mass is 10.1. The lowest BCUT2D eigenvalue weighted by molar-refractivity contribution is 0.614. The molecular weight excluding hydrogens is 308 g/mol. The SMILES string of the molecule is CCCCCCCCC#CC#Cc1cc(C)cc(Br)c1. The number of rotatable bonds is 6. The van der Waals surface area contributed by atoms with Crippen LogP contribution in [0.15, 0.2) is 22.7 Å². The molecule has 0 fully saturated rings. The smallest absolute Gasteiger partial charge is 0.0269 e. The van der Waals surface area contributed by atoms with Crippen LogP contribution in [0, 0.1) is 30.6 Å². The van der Waals surface area contributed by atoms with Crippen LogP contribution in [0.1, 0.15) is 63.0 Å². The molecule has 0 heterocycles. The zero-order valence-corrected chi connectivity index (χ0v) is 14.1. The summed E-state index contributed by atoms with van der Waals surface area (Å²) in [4.78, 5) is 0. The molecule has 0 radical (unpaired) electrons. The van der Waals surface area contributed by atoms with Gasteiger partial charge in [-0.3, -0.25) is 0 Å². The summed E-state index contributed by atoms with van der Waals surface area (Å²) in [5, 5.41) is 0. The number of unbranched alkanes of at least 4 members (excludes halogenated alkanes) is 6. The highest BCUT2D eigenvalue weighted by Gasteiger charge is 1.92. The molecule has 106 valence electrons. The van der Waals surface area contributed by atoms with Crippen molar-refractivity contribution in [2.45, 2.75) is 58.8 Å². The molecule has 0 unspecified atom stereocenters. The molecular formula is C19H23Br. The van der Waals surface area contributed by atoms with Gasteiger partial charge in [0, 0.05) is 16.5 Å². The number of hydrogen-bond acceptors (Lipinski definition) is 0. The van der Waals surface area contributed by atoms with Crippen LogP contribution in [0.25, 0.3) is 0 Å². The van der Waals surface area contributed by atoms with E-state index in [-0.39, 0.29) is 0 Å². The predicted octanol–water partition coefficient (Wildman–Crippen LogP) is 5.86. The molecule has 0 aromatic heterocycles. The topological polar surface area (TPSA) is 0 Å². The Morgan fingerprint density at radius 3 is 2.45 bits per heavy atom. The Bertz CT molecular complexity index is 500. The molecule has 1 rings (SSSR count). The normalized spacial score (nSPS) is 9.35. The van der Waals surface area contributed by atoms with Crippen LogP contribution < -0.4 is 0 Å². The molecule has 0 nitrogen and oxygen atoms in total. The molecule has 0 aliphatic carbocycles. The first-order valence-electron chi connectivity index (χ1n) is 7.48. The molecule has 1 heteroatoms. The maximum atomic E-state index is 3.48. The van der Waals surface area contributed by atoms with Crippen molar-refractivity contribution in [1.29, 1.82) is 0 Å². The maximum Gasteiger partial charge on any atom is 0.0269 e. The predicted molar refractivity (Wildman–Crippen MR) is 91.5 cm³/mol. The third-order valence-electron chi connectivity index (χ3n) is 3.06. The summed E-state index contributed by atoms with van der Waals surface area (Å²) in [5.41, 5.74) is 2.23. The third kappa shape index (κ3) is 8.08. The van der Waals surface area contributed by atoms with Crippen molar-refractivity contribution >= 4 is 15.9 Å². The van der Waals surface area contributed by atoms with E-state index >= 15 is 0 Å². The van der Waals surface area contributed by atoms with Crippen molar-refractivity contribution in [3.63, 3.8) is 0 Å². The van der Waals surface area contributed by atoms with Gasteiger partial charge in [-0.2, -0.15) is 0 Å². The van der Waals surface area contributed by atoms with Crippen molar-refractivity contribution in [3.8, 4) is 23.7 Å². The Morgan fingerprint density at radius 1 is 0.950 bits per heavy atom. The van der Waals surface area contributed by atoms with E-state index in [9.17, 15) is 0 Å². The average molecular weight is 331 g/mol. The van der Waals surface area contributed by atoms with Gasteiger partial charge in [-0.15, -0.1) is 0 Å². The lowest BCUT2D eigenvalue weighted by Crippen LogP contribution is -1.78. The Hall–Kier alpha value is -1.18. The van der Waals surface area contributed by atoms with Crippen LogP contribution >= 0.6 is 15.9 Å². The molecule has 0 aliphatic rings. The summed E-state index contributed by atoms with van der Waals surface area (Å²) in [6, 6.07) is 6.18. The molecule has 0 spiro atoms. The van der Waals surface area contributed by atoms with E-state index in [1.54, 1.807) is 0 Å². The number of benzene rings is 1. The fourth-order valence-corrected chi connectivity index (χ4v) is 2.62. The number of hydrogen-bond donors (Lipinski definition) is 0. The fraction of sp³-hybridized carbons (Fsp3) is 0.474. The Balaban J connectivity index is 2.27. The van der Waals surface area contributed by atoms with Gasteiger partial charge in [0.25, 0.3) is 0 Å². The molecule has 1 aromatic rings. The highest BCUT2D eigenvalue weighted by atomic mass is 79.9. The van der Waals surface area contributed by atoms with Gasteiger partial charge >= 0.3 is 0 Å². The van der Waals surface area contributed by atoms with Gasteiger partial charge in [0.2, 0.25) is 0 Å². The van der Waals surface area contributed by atoms with E-state index in [0.717, 1.165) is 16.5 Å². The quantitative estimate of drug-likeness (QED) is 0.452. The second-order valence-electron chi connectivity index (χ2n) is 5.09. The Morgan fingerprint density at radius 2 is 1.70 bits per heavy atom. The highest BCUT2D eigenvalue weighted by molar-refractivity contribution is 9.10. The maximum absolute atomic E-state index is 3.48. The van der Waals surface area contributed by atoms with E-state index in [2.05, 4.69) is 65.6 Å². The molecule has 0 bridgehead atoms. The number of halogens is 1. The zero-order valence-electron chi connectivity index (χ0n) is 12.6. The van der Waals surface area contributed by atoms with E-state index < -0.39 is 0 Å². The van der Waals surface area contributed by atoms with Gasteiger partial charge < -0.3 is 0 Å². The van der Waals surface area contributed by atoms with Gasteiger partial charge in [-0.1, -0.05) is 66.8 Å². The summed E-state index contributed by atoms with van der Waals surface area (Å²) in [6.45, 7) is 4.32. The van der Waals surface area contributed by atoms with E-state index in [1.807, 2.05) is 6.07 Å². The second-order valence-corrected chi connectivity index (χ2v) is 6.00. The Labute approximate surface area is 132 Å². The zero-order chi connectivity index (χ0) is 14.6. The monoisotopic (exact) mass is 330 g/mol. The van der Waals surface area contributed by atoms with Crippen LogP contribution in [0.2, 0.25) is 0 Å². The number of aryl methyl sites for hydroxylation is 1. The first-order valence-corrected chi connectivity index (χ1v) is 8.27. The van der Waals surface area contributed by atoms with Crippen molar-refractivity contribution in [2.24, 2.45) is 0 Å². The third-order valence-corrected chi connectivity index (χ3v) is 3.51. The lowest BCUT2D eigenvalue weighted by Gasteiger charge is -1.96. The van der Waals surface area contributed by atoms with Gasteiger partial charge in [0.15, 0.2) is 0 Å². The van der Waals surface area contributed by atoms with Gasteiger partial charge in [0.1, 0.15) is 0 Å². The minimum atomic E-state index is 0.971. The highest BCUT2D eigenvalue weighted by Crippen LogP contribution is 2.14. The van der Waals surface area contributed by atoms with E-state index in [4.69, 9.17) is 0 Å². The summed E-state index contributed by atoms with van der Waals surface area (Å²) in [6.07, 6.45) is 8.86. The van der Waals surface area contributed by atoms with Crippen LogP contribution in [-0.2, 0) is 0 Å². The molecule has 1 aromatic carbocycles.